The van der Waals surface area contributed by atoms with E-state index in [2.05, 4.69) is 0 Å². The van der Waals surface area contributed by atoms with Crippen molar-refractivity contribution in [3.63, 3.8) is 0 Å². The number of likely N-dealkylation sites (N-methyl/N-ethyl adjacent to an activating group) is 1. The van der Waals surface area contributed by atoms with Crippen LogP contribution in [0.5, 0.6) is 0 Å². The summed E-state index contributed by atoms with van der Waals surface area (Å²) >= 11 is 0. The molecule has 1 atom stereocenters. The van der Waals surface area contributed by atoms with Gasteiger partial charge in [0.15, 0.2) is 0 Å². The average molecular weight is 470 g/mol. The molecule has 2 saturated heterocycles. The van der Waals surface area contributed by atoms with Crippen molar-refractivity contribution in [3.8, 4) is 0 Å². The standard InChI is InChI=1S/C23H26N4O7/c1-24-17(28)9-8-16(22(24)33)27-21(32)14-4-2-5-15(20(14)23(27)34)25-10-12-26(13-11-25)18(29)6-3-7-19(30)31/h2,4-5,16H,3,6-13H2,1H3,(H,30,31). The fourth-order valence-electron chi connectivity index (χ4n) is 4.72. The fourth-order valence-corrected chi connectivity index (χ4v) is 4.72. The average Bonchev–Trinajstić information content (AvgIpc) is 3.08. The number of nitrogens with zero attached hydrogens (tertiary/aromatic N) is 4. The summed E-state index contributed by atoms with van der Waals surface area (Å²) < 4.78 is 0. The van der Waals surface area contributed by atoms with Crippen molar-refractivity contribution in [1.29, 1.82) is 0 Å². The number of anilines is 1. The molecule has 0 bridgehead atoms. The number of carbonyl (C=O) groups is 6. The Morgan fingerprint density at radius 2 is 1.71 bits per heavy atom. The summed E-state index contributed by atoms with van der Waals surface area (Å²) in [7, 11) is 1.35. The number of imide groups is 2. The van der Waals surface area contributed by atoms with Crippen LogP contribution in [0.4, 0.5) is 5.69 Å². The molecule has 0 aromatic heterocycles. The van der Waals surface area contributed by atoms with Gasteiger partial charge in [0, 0.05) is 52.5 Å². The van der Waals surface area contributed by atoms with Gasteiger partial charge in [-0.2, -0.15) is 0 Å². The van der Waals surface area contributed by atoms with Gasteiger partial charge in [0.25, 0.3) is 17.7 Å². The van der Waals surface area contributed by atoms with Gasteiger partial charge in [0.2, 0.25) is 11.8 Å². The van der Waals surface area contributed by atoms with Crippen LogP contribution in [0.15, 0.2) is 18.2 Å². The predicted molar refractivity (Wildman–Crippen MR) is 118 cm³/mol. The molecule has 1 N–H and O–H groups in total. The summed E-state index contributed by atoms with van der Waals surface area (Å²) in [5.41, 5.74) is 1.03. The minimum Gasteiger partial charge on any atom is -0.481 e. The molecule has 5 amide bonds. The highest BCUT2D eigenvalue weighted by Crippen LogP contribution is 2.35. The number of carboxylic acids is 1. The minimum absolute atomic E-state index is 0.0536. The lowest BCUT2D eigenvalue weighted by Gasteiger charge is -2.37. The van der Waals surface area contributed by atoms with E-state index in [1.165, 1.54) is 7.05 Å². The second kappa shape index (κ2) is 9.24. The molecule has 3 heterocycles. The van der Waals surface area contributed by atoms with Crippen LogP contribution in [-0.2, 0) is 19.2 Å². The van der Waals surface area contributed by atoms with Gasteiger partial charge in [-0.05, 0) is 25.0 Å². The first-order valence-electron chi connectivity index (χ1n) is 11.3. The summed E-state index contributed by atoms with van der Waals surface area (Å²) in [5, 5.41) is 8.73. The molecule has 1 unspecified atom stereocenters. The Balaban J connectivity index is 1.48. The zero-order chi connectivity index (χ0) is 24.6. The Labute approximate surface area is 195 Å². The number of carbonyl (C=O) groups excluding carboxylic acids is 5. The lowest BCUT2D eigenvalue weighted by Crippen LogP contribution is -2.54. The van der Waals surface area contributed by atoms with Crippen LogP contribution in [0.25, 0.3) is 0 Å². The van der Waals surface area contributed by atoms with Gasteiger partial charge < -0.3 is 14.9 Å². The van der Waals surface area contributed by atoms with Gasteiger partial charge in [-0.15, -0.1) is 0 Å². The van der Waals surface area contributed by atoms with E-state index in [1.54, 1.807) is 23.1 Å². The number of fused-ring (bicyclic) bond motifs is 1. The van der Waals surface area contributed by atoms with Gasteiger partial charge in [0.05, 0.1) is 16.8 Å². The maximum atomic E-state index is 13.4. The van der Waals surface area contributed by atoms with Crippen LogP contribution in [-0.4, -0.2) is 94.6 Å². The molecule has 34 heavy (non-hydrogen) atoms. The number of amides is 5. The molecular weight excluding hydrogens is 444 g/mol. The van der Waals surface area contributed by atoms with Gasteiger partial charge in [-0.25, -0.2) is 0 Å². The number of carboxylic acid groups (broad SMARTS) is 1. The van der Waals surface area contributed by atoms with Crippen molar-refractivity contribution in [2.75, 3.05) is 38.1 Å². The molecule has 0 radical (unpaired) electrons. The Bertz CT molecular complexity index is 1080. The van der Waals surface area contributed by atoms with E-state index in [-0.39, 0.29) is 55.0 Å². The number of piperidine rings is 1. The normalized spacial score (nSPS) is 20.8. The SMILES string of the molecule is CN1C(=O)CCC(N2C(=O)c3cccc(N4CCN(C(=O)CCCC(=O)O)CC4)c3C2=O)C1=O. The van der Waals surface area contributed by atoms with Crippen LogP contribution < -0.4 is 4.90 Å². The molecule has 0 saturated carbocycles. The van der Waals surface area contributed by atoms with Gasteiger partial charge in [-0.3, -0.25) is 38.6 Å². The number of rotatable bonds is 6. The fraction of sp³-hybridized carbons (Fsp3) is 0.478. The zero-order valence-electron chi connectivity index (χ0n) is 18.9. The lowest BCUT2D eigenvalue weighted by molar-refractivity contribution is -0.149. The van der Waals surface area contributed by atoms with Crippen LogP contribution in [0.3, 0.4) is 0 Å². The highest BCUT2D eigenvalue weighted by atomic mass is 16.4. The lowest BCUT2D eigenvalue weighted by atomic mass is 10.0. The molecule has 3 aliphatic rings. The van der Waals surface area contributed by atoms with E-state index in [0.717, 1.165) is 9.80 Å². The molecule has 1 aromatic rings. The largest absolute Gasteiger partial charge is 0.481 e. The summed E-state index contributed by atoms with van der Waals surface area (Å²) in [5.74, 6) is -3.04. The molecule has 11 heteroatoms. The number of likely N-dealkylation sites (tertiary alicyclic amines) is 1. The monoisotopic (exact) mass is 470 g/mol. The van der Waals surface area contributed by atoms with Crippen LogP contribution >= 0.6 is 0 Å². The van der Waals surface area contributed by atoms with E-state index in [1.807, 2.05) is 4.90 Å². The van der Waals surface area contributed by atoms with Gasteiger partial charge in [0.1, 0.15) is 6.04 Å². The quantitative estimate of drug-likeness (QED) is 0.588. The van der Waals surface area contributed by atoms with E-state index < -0.39 is 29.7 Å². The maximum Gasteiger partial charge on any atom is 0.303 e. The number of benzene rings is 1. The third kappa shape index (κ3) is 4.13. The Hall–Kier alpha value is -3.76. The summed E-state index contributed by atoms with van der Waals surface area (Å²) in [6, 6.07) is 3.98. The summed E-state index contributed by atoms with van der Waals surface area (Å²) in [4.78, 5) is 79.5. The minimum atomic E-state index is -1.01. The second-order valence-corrected chi connectivity index (χ2v) is 8.64. The van der Waals surface area contributed by atoms with Crippen molar-refractivity contribution in [2.45, 2.75) is 38.1 Å². The highest BCUT2D eigenvalue weighted by Gasteiger charge is 2.47. The predicted octanol–water partition coefficient (Wildman–Crippen LogP) is 0.334. The molecule has 2 fully saturated rings. The van der Waals surface area contributed by atoms with Crippen molar-refractivity contribution in [1.82, 2.24) is 14.7 Å². The number of aliphatic carboxylic acids is 1. The third-order valence-electron chi connectivity index (χ3n) is 6.61. The Morgan fingerprint density at radius 1 is 1.00 bits per heavy atom. The van der Waals surface area contributed by atoms with Crippen LogP contribution in [0, 0.1) is 0 Å². The van der Waals surface area contributed by atoms with E-state index in [0.29, 0.717) is 31.9 Å². The van der Waals surface area contributed by atoms with Crippen molar-refractivity contribution >= 4 is 41.2 Å². The van der Waals surface area contributed by atoms with Crippen molar-refractivity contribution in [2.24, 2.45) is 0 Å². The molecule has 11 nitrogen and oxygen atoms in total. The molecule has 4 rings (SSSR count). The van der Waals surface area contributed by atoms with Crippen LogP contribution in [0.2, 0.25) is 0 Å². The number of piperazine rings is 1. The third-order valence-corrected chi connectivity index (χ3v) is 6.61. The molecular formula is C23H26N4O7. The maximum absolute atomic E-state index is 13.4. The molecule has 0 aliphatic carbocycles. The topological polar surface area (TPSA) is 136 Å². The van der Waals surface area contributed by atoms with Crippen molar-refractivity contribution < 1.29 is 33.9 Å². The Morgan fingerprint density at radius 3 is 2.38 bits per heavy atom. The first kappa shape index (κ1) is 23.4. The van der Waals surface area contributed by atoms with Gasteiger partial charge in [-0.1, -0.05) is 6.07 Å². The van der Waals surface area contributed by atoms with E-state index in [9.17, 15) is 28.8 Å². The molecule has 1 aromatic carbocycles. The second-order valence-electron chi connectivity index (χ2n) is 8.64. The summed E-state index contributed by atoms with van der Waals surface area (Å²) in [6.45, 7) is 1.72. The summed E-state index contributed by atoms with van der Waals surface area (Å²) in [6.07, 6.45) is 0.581. The zero-order valence-corrected chi connectivity index (χ0v) is 18.9. The van der Waals surface area contributed by atoms with E-state index >= 15 is 0 Å². The molecule has 3 aliphatic heterocycles. The number of hydrogen-bond acceptors (Lipinski definition) is 7. The molecule has 180 valence electrons. The molecule has 0 spiro atoms. The van der Waals surface area contributed by atoms with Gasteiger partial charge >= 0.3 is 5.97 Å². The Kier molecular flexibility index (Phi) is 6.36. The smallest absolute Gasteiger partial charge is 0.303 e. The van der Waals surface area contributed by atoms with Crippen molar-refractivity contribution in [3.05, 3.63) is 29.3 Å². The van der Waals surface area contributed by atoms with Crippen LogP contribution in [0.1, 0.15) is 52.8 Å². The first-order chi connectivity index (χ1) is 16.2. The number of hydrogen-bond donors (Lipinski definition) is 1. The highest BCUT2D eigenvalue weighted by molar-refractivity contribution is 6.25. The first-order valence-corrected chi connectivity index (χ1v) is 11.3. The van der Waals surface area contributed by atoms with E-state index in [4.69, 9.17) is 5.11 Å².